The highest BCUT2D eigenvalue weighted by atomic mass is 35.5. The van der Waals surface area contributed by atoms with Gasteiger partial charge in [-0.2, -0.15) is 0 Å². The molecule has 0 amide bonds. The first-order valence-corrected chi connectivity index (χ1v) is 7.10. The summed E-state index contributed by atoms with van der Waals surface area (Å²) in [5, 5.41) is 1.49. The maximum Gasteiger partial charge on any atom is 0.0412 e. The normalized spacial score (nSPS) is 10.5. The summed E-state index contributed by atoms with van der Waals surface area (Å²) in [6.07, 6.45) is 0. The average Bonchev–Trinajstić information content (AvgIpc) is 2.47. The number of hydrogen-bond donors (Lipinski definition) is 0. The van der Waals surface area contributed by atoms with Crippen LogP contribution in [0.1, 0.15) is 0 Å². The van der Waals surface area contributed by atoms with E-state index in [2.05, 4.69) is 30.3 Å². The Morgan fingerprint density at radius 1 is 0.450 bits per heavy atom. The van der Waals surface area contributed by atoms with E-state index in [0.29, 0.717) is 0 Å². The van der Waals surface area contributed by atoms with Crippen molar-refractivity contribution in [2.75, 3.05) is 0 Å². The molecule has 20 heavy (non-hydrogen) atoms. The molecule has 0 saturated heterocycles. The molecule has 3 aromatic carbocycles. The third-order valence-corrected chi connectivity index (χ3v) is 3.65. The van der Waals surface area contributed by atoms with E-state index in [4.69, 9.17) is 23.2 Å². The van der Waals surface area contributed by atoms with Crippen molar-refractivity contribution in [2.24, 2.45) is 0 Å². The molecule has 0 N–H and O–H groups in total. The zero-order valence-corrected chi connectivity index (χ0v) is 12.2. The Morgan fingerprint density at radius 2 is 0.800 bits per heavy atom. The van der Waals surface area contributed by atoms with Gasteiger partial charge in [0.25, 0.3) is 0 Å². The van der Waals surface area contributed by atoms with Crippen molar-refractivity contribution >= 4 is 23.2 Å². The molecule has 3 aromatic rings. The molecule has 0 nitrogen and oxygen atoms in total. The van der Waals surface area contributed by atoms with Gasteiger partial charge in [0.2, 0.25) is 0 Å². The fourth-order valence-electron chi connectivity index (χ4n) is 2.21. The molecule has 0 heterocycles. The van der Waals surface area contributed by atoms with Crippen LogP contribution in [0.25, 0.3) is 22.3 Å². The van der Waals surface area contributed by atoms with E-state index in [-0.39, 0.29) is 0 Å². The predicted molar refractivity (Wildman–Crippen MR) is 87.3 cm³/mol. The molecule has 0 spiro atoms. The number of rotatable bonds is 2. The van der Waals surface area contributed by atoms with Gasteiger partial charge in [0.15, 0.2) is 0 Å². The summed E-state index contributed by atoms with van der Waals surface area (Å²) in [5.41, 5.74) is 4.51. The SMILES string of the molecule is Clc1cccc(-c2cccc(-c3cccc(Cl)c3)c2)c1. The van der Waals surface area contributed by atoms with Crippen LogP contribution >= 0.6 is 23.2 Å². The molecule has 2 heteroatoms. The van der Waals surface area contributed by atoms with Crippen LogP contribution in [0.3, 0.4) is 0 Å². The van der Waals surface area contributed by atoms with Crippen molar-refractivity contribution in [1.82, 2.24) is 0 Å². The van der Waals surface area contributed by atoms with Gasteiger partial charge in [0.05, 0.1) is 0 Å². The first-order valence-electron chi connectivity index (χ1n) is 6.34. The van der Waals surface area contributed by atoms with E-state index in [1.54, 1.807) is 0 Å². The first kappa shape index (κ1) is 13.2. The molecule has 98 valence electrons. The van der Waals surface area contributed by atoms with Gasteiger partial charge < -0.3 is 0 Å². The fourth-order valence-corrected chi connectivity index (χ4v) is 2.59. The molecular weight excluding hydrogens is 287 g/mol. The Kier molecular flexibility index (Phi) is 3.77. The zero-order valence-electron chi connectivity index (χ0n) is 10.7. The Hall–Kier alpha value is -1.76. The Bertz CT molecular complexity index is 687. The predicted octanol–water partition coefficient (Wildman–Crippen LogP) is 6.33. The van der Waals surface area contributed by atoms with E-state index in [0.717, 1.165) is 32.3 Å². The van der Waals surface area contributed by atoms with Crippen LogP contribution in [0.5, 0.6) is 0 Å². The highest BCUT2D eigenvalue weighted by molar-refractivity contribution is 6.31. The monoisotopic (exact) mass is 298 g/mol. The van der Waals surface area contributed by atoms with Crippen LogP contribution in [0.15, 0.2) is 72.8 Å². The van der Waals surface area contributed by atoms with Crippen molar-refractivity contribution in [3.63, 3.8) is 0 Å². The molecule has 0 aliphatic carbocycles. The zero-order chi connectivity index (χ0) is 13.9. The van der Waals surface area contributed by atoms with Gasteiger partial charge in [0.1, 0.15) is 0 Å². The largest absolute Gasteiger partial charge is 0.0843 e. The molecule has 0 aliphatic rings. The van der Waals surface area contributed by atoms with E-state index >= 15 is 0 Å². The quantitative estimate of drug-likeness (QED) is 0.519. The molecule has 0 radical (unpaired) electrons. The number of benzene rings is 3. The second-order valence-electron chi connectivity index (χ2n) is 4.60. The summed E-state index contributed by atoms with van der Waals surface area (Å²) in [6, 6.07) is 24.1. The highest BCUT2D eigenvalue weighted by Gasteiger charge is 2.02. The maximum absolute atomic E-state index is 6.05. The van der Waals surface area contributed by atoms with Gasteiger partial charge in [-0.3, -0.25) is 0 Å². The van der Waals surface area contributed by atoms with Gasteiger partial charge in [-0.1, -0.05) is 65.7 Å². The molecular formula is C18H12Cl2. The number of hydrogen-bond acceptors (Lipinski definition) is 0. The lowest BCUT2D eigenvalue weighted by molar-refractivity contribution is 1.59. The Morgan fingerprint density at radius 3 is 1.20 bits per heavy atom. The van der Waals surface area contributed by atoms with Crippen LogP contribution < -0.4 is 0 Å². The van der Waals surface area contributed by atoms with E-state index in [1.165, 1.54) is 0 Å². The third kappa shape index (κ3) is 2.87. The summed E-state index contributed by atoms with van der Waals surface area (Å²) in [6.45, 7) is 0. The molecule has 0 unspecified atom stereocenters. The second-order valence-corrected chi connectivity index (χ2v) is 5.47. The topological polar surface area (TPSA) is 0 Å². The summed E-state index contributed by atoms with van der Waals surface area (Å²) in [5.74, 6) is 0. The van der Waals surface area contributed by atoms with E-state index in [9.17, 15) is 0 Å². The number of halogens is 2. The van der Waals surface area contributed by atoms with Crippen molar-refractivity contribution < 1.29 is 0 Å². The molecule has 0 atom stereocenters. The first-order chi connectivity index (χ1) is 9.72. The van der Waals surface area contributed by atoms with Crippen molar-refractivity contribution in [2.45, 2.75) is 0 Å². The minimum Gasteiger partial charge on any atom is -0.0843 e. The Labute approximate surface area is 128 Å². The lowest BCUT2D eigenvalue weighted by Gasteiger charge is -2.07. The standard InChI is InChI=1S/C18H12Cl2/c19-17-8-2-6-15(11-17)13-4-1-5-14(10-13)16-7-3-9-18(20)12-16/h1-12H. The van der Waals surface area contributed by atoms with Gasteiger partial charge in [0, 0.05) is 10.0 Å². The molecule has 3 rings (SSSR count). The molecule has 0 bridgehead atoms. The molecule has 0 aromatic heterocycles. The minimum absolute atomic E-state index is 0.746. The lowest BCUT2D eigenvalue weighted by Crippen LogP contribution is -1.81. The van der Waals surface area contributed by atoms with Gasteiger partial charge in [-0.25, -0.2) is 0 Å². The Balaban J connectivity index is 2.06. The van der Waals surface area contributed by atoms with Crippen LogP contribution in [-0.2, 0) is 0 Å². The van der Waals surface area contributed by atoms with Gasteiger partial charge >= 0.3 is 0 Å². The summed E-state index contributed by atoms with van der Waals surface area (Å²) in [7, 11) is 0. The smallest absolute Gasteiger partial charge is 0.0412 e. The minimum atomic E-state index is 0.746. The average molecular weight is 299 g/mol. The lowest BCUT2D eigenvalue weighted by atomic mass is 9.99. The molecule has 0 fully saturated rings. The van der Waals surface area contributed by atoms with Crippen LogP contribution in [0.2, 0.25) is 10.0 Å². The van der Waals surface area contributed by atoms with Gasteiger partial charge in [-0.15, -0.1) is 0 Å². The van der Waals surface area contributed by atoms with E-state index in [1.807, 2.05) is 42.5 Å². The maximum atomic E-state index is 6.05. The fraction of sp³-hybridized carbons (Fsp3) is 0. The van der Waals surface area contributed by atoms with Crippen molar-refractivity contribution in [3.8, 4) is 22.3 Å². The second kappa shape index (κ2) is 5.70. The van der Waals surface area contributed by atoms with Crippen molar-refractivity contribution in [3.05, 3.63) is 82.8 Å². The van der Waals surface area contributed by atoms with Gasteiger partial charge in [-0.05, 0) is 52.6 Å². The van der Waals surface area contributed by atoms with Crippen LogP contribution in [0.4, 0.5) is 0 Å². The summed E-state index contributed by atoms with van der Waals surface area (Å²) >= 11 is 12.1. The summed E-state index contributed by atoms with van der Waals surface area (Å²) in [4.78, 5) is 0. The van der Waals surface area contributed by atoms with Crippen LogP contribution in [0, 0.1) is 0 Å². The summed E-state index contributed by atoms with van der Waals surface area (Å²) < 4.78 is 0. The third-order valence-electron chi connectivity index (χ3n) is 3.18. The molecule has 0 aliphatic heterocycles. The van der Waals surface area contributed by atoms with E-state index < -0.39 is 0 Å². The van der Waals surface area contributed by atoms with Crippen molar-refractivity contribution in [1.29, 1.82) is 0 Å². The molecule has 0 saturated carbocycles. The van der Waals surface area contributed by atoms with Crippen LogP contribution in [-0.4, -0.2) is 0 Å². The highest BCUT2D eigenvalue weighted by Crippen LogP contribution is 2.28.